The smallest absolute Gasteiger partial charge is 0.512 e. The molecule has 1 aromatic carbocycles. The summed E-state index contributed by atoms with van der Waals surface area (Å²) < 4.78 is 4.76. The third-order valence-electron chi connectivity index (χ3n) is 1.55. The quantitative estimate of drug-likeness (QED) is 0.536. The van der Waals surface area contributed by atoms with E-state index in [9.17, 15) is 0 Å². The first-order chi connectivity index (χ1) is 6.24. The Labute approximate surface area is 77.5 Å². The van der Waals surface area contributed by atoms with Crippen LogP contribution >= 0.6 is 0 Å². The van der Waals surface area contributed by atoms with Crippen molar-refractivity contribution >= 4 is 13.1 Å². The summed E-state index contributed by atoms with van der Waals surface area (Å²) in [5.41, 5.74) is 0.818. The summed E-state index contributed by atoms with van der Waals surface area (Å²) in [6.45, 7) is 1.77. The Morgan fingerprint density at radius 3 is 2.38 bits per heavy atom. The predicted octanol–water partition coefficient (Wildman–Crippen LogP) is 1.03. The first-order valence-electron chi connectivity index (χ1n) is 3.98. The van der Waals surface area contributed by atoms with Crippen LogP contribution in [-0.2, 0) is 4.65 Å². The van der Waals surface area contributed by atoms with Gasteiger partial charge in [0.05, 0.1) is 0 Å². The Hall–Kier alpha value is -1.26. The first-order valence-corrected chi connectivity index (χ1v) is 3.98. The van der Waals surface area contributed by atoms with Gasteiger partial charge < -0.3 is 14.7 Å². The van der Waals surface area contributed by atoms with Crippen LogP contribution < -0.4 is 0 Å². The molecular formula is C9H11BO3. The minimum absolute atomic E-state index is 0.454. The van der Waals surface area contributed by atoms with Gasteiger partial charge >= 0.3 is 7.32 Å². The molecule has 2 N–H and O–H groups in total. The molecule has 4 heteroatoms. The van der Waals surface area contributed by atoms with Crippen LogP contribution in [0.15, 0.2) is 36.4 Å². The van der Waals surface area contributed by atoms with Gasteiger partial charge in [-0.3, -0.25) is 0 Å². The van der Waals surface area contributed by atoms with Gasteiger partial charge in [-0.15, -0.1) is 0 Å². The molecular weight excluding hydrogens is 167 g/mol. The number of hydrogen-bond acceptors (Lipinski definition) is 3. The predicted molar refractivity (Wildman–Crippen MR) is 51.4 cm³/mol. The molecule has 0 fully saturated rings. The van der Waals surface area contributed by atoms with Gasteiger partial charge in [-0.25, -0.2) is 0 Å². The standard InChI is InChI=1S/C9H11BO3/c1-2-9(13-10(11)12)8-6-4-3-5-7-8/h2-7,11-12H,1H3. The van der Waals surface area contributed by atoms with Crippen LogP contribution in [-0.4, -0.2) is 17.4 Å². The van der Waals surface area contributed by atoms with Gasteiger partial charge in [-0.2, -0.15) is 0 Å². The van der Waals surface area contributed by atoms with E-state index in [1.165, 1.54) is 0 Å². The highest BCUT2D eigenvalue weighted by molar-refractivity contribution is 6.34. The molecule has 1 aromatic rings. The molecule has 13 heavy (non-hydrogen) atoms. The highest BCUT2D eigenvalue weighted by Gasteiger charge is 2.13. The van der Waals surface area contributed by atoms with Crippen molar-refractivity contribution in [3.63, 3.8) is 0 Å². The van der Waals surface area contributed by atoms with E-state index in [-0.39, 0.29) is 0 Å². The van der Waals surface area contributed by atoms with Crippen molar-refractivity contribution in [2.45, 2.75) is 6.92 Å². The van der Waals surface area contributed by atoms with E-state index in [4.69, 9.17) is 14.7 Å². The highest BCUT2D eigenvalue weighted by atomic mass is 16.6. The molecule has 1 rings (SSSR count). The lowest BCUT2D eigenvalue weighted by atomic mass is 10.1. The van der Waals surface area contributed by atoms with Gasteiger partial charge in [-0.05, 0) is 13.0 Å². The van der Waals surface area contributed by atoms with E-state index >= 15 is 0 Å². The zero-order chi connectivity index (χ0) is 9.68. The molecule has 0 saturated heterocycles. The lowest BCUT2D eigenvalue weighted by Crippen LogP contribution is -2.15. The third-order valence-corrected chi connectivity index (χ3v) is 1.55. The van der Waals surface area contributed by atoms with Crippen molar-refractivity contribution in [1.29, 1.82) is 0 Å². The Morgan fingerprint density at radius 2 is 1.92 bits per heavy atom. The van der Waals surface area contributed by atoms with Gasteiger partial charge in [-0.1, -0.05) is 30.3 Å². The second-order valence-corrected chi connectivity index (χ2v) is 2.46. The Bertz CT molecular complexity index is 282. The molecule has 0 aliphatic carbocycles. The van der Waals surface area contributed by atoms with E-state index in [1.54, 1.807) is 13.0 Å². The Kier molecular flexibility index (Phi) is 3.55. The molecule has 0 aromatic heterocycles. The zero-order valence-electron chi connectivity index (χ0n) is 7.34. The molecule has 0 bridgehead atoms. The fraction of sp³-hybridized carbons (Fsp3) is 0.111. The van der Waals surface area contributed by atoms with Crippen LogP contribution in [0.25, 0.3) is 5.76 Å². The fourth-order valence-electron chi connectivity index (χ4n) is 1.02. The maximum atomic E-state index is 8.61. The number of allylic oxidation sites excluding steroid dienone is 1. The Balaban J connectivity index is 2.80. The van der Waals surface area contributed by atoms with Gasteiger partial charge in [0.25, 0.3) is 0 Å². The van der Waals surface area contributed by atoms with Crippen molar-refractivity contribution in [2.24, 2.45) is 0 Å². The molecule has 0 radical (unpaired) electrons. The van der Waals surface area contributed by atoms with Gasteiger partial charge in [0, 0.05) is 5.56 Å². The zero-order valence-corrected chi connectivity index (χ0v) is 7.34. The van der Waals surface area contributed by atoms with E-state index < -0.39 is 7.32 Å². The summed E-state index contributed by atoms with van der Waals surface area (Å²) in [6.07, 6.45) is 1.68. The average Bonchev–Trinajstić information content (AvgIpc) is 2.15. The molecule has 0 heterocycles. The molecule has 0 spiro atoms. The molecule has 0 saturated carbocycles. The summed E-state index contributed by atoms with van der Waals surface area (Å²) >= 11 is 0. The van der Waals surface area contributed by atoms with Crippen LogP contribution in [0.3, 0.4) is 0 Å². The van der Waals surface area contributed by atoms with Crippen molar-refractivity contribution in [3.05, 3.63) is 42.0 Å². The highest BCUT2D eigenvalue weighted by Crippen LogP contribution is 2.14. The summed E-state index contributed by atoms with van der Waals surface area (Å²) in [7, 11) is -1.77. The molecule has 68 valence electrons. The SMILES string of the molecule is CC=C(OB(O)O)c1ccccc1. The minimum Gasteiger partial charge on any atom is -0.512 e. The van der Waals surface area contributed by atoms with Crippen molar-refractivity contribution in [3.8, 4) is 0 Å². The monoisotopic (exact) mass is 178 g/mol. The molecule has 0 atom stereocenters. The summed E-state index contributed by atoms with van der Waals surface area (Å²) in [6, 6.07) is 9.25. The largest absolute Gasteiger partial charge is 0.707 e. The summed E-state index contributed by atoms with van der Waals surface area (Å²) in [4.78, 5) is 0. The van der Waals surface area contributed by atoms with E-state index in [2.05, 4.69) is 0 Å². The van der Waals surface area contributed by atoms with Crippen LogP contribution in [0.2, 0.25) is 0 Å². The molecule has 0 aliphatic heterocycles. The Morgan fingerprint density at radius 1 is 1.31 bits per heavy atom. The van der Waals surface area contributed by atoms with Gasteiger partial charge in [0.2, 0.25) is 0 Å². The third kappa shape index (κ3) is 2.93. The average molecular weight is 178 g/mol. The van der Waals surface area contributed by atoms with Crippen molar-refractivity contribution in [2.75, 3.05) is 0 Å². The van der Waals surface area contributed by atoms with E-state index in [0.29, 0.717) is 5.76 Å². The minimum atomic E-state index is -1.77. The fourth-order valence-corrected chi connectivity index (χ4v) is 1.02. The van der Waals surface area contributed by atoms with Crippen LogP contribution in [0, 0.1) is 0 Å². The number of hydrogen-bond donors (Lipinski definition) is 2. The maximum absolute atomic E-state index is 8.61. The number of benzene rings is 1. The molecule has 0 unspecified atom stereocenters. The van der Waals surface area contributed by atoms with E-state index in [0.717, 1.165) is 5.56 Å². The normalized spacial score (nSPS) is 11.2. The van der Waals surface area contributed by atoms with Crippen molar-refractivity contribution in [1.82, 2.24) is 0 Å². The first kappa shape index (κ1) is 9.83. The molecule has 0 amide bonds. The van der Waals surface area contributed by atoms with Crippen LogP contribution in [0.4, 0.5) is 0 Å². The summed E-state index contributed by atoms with van der Waals surface area (Å²) in [5.74, 6) is 0.454. The lowest BCUT2D eigenvalue weighted by molar-refractivity contribution is 0.270. The van der Waals surface area contributed by atoms with Gasteiger partial charge in [0.15, 0.2) is 0 Å². The maximum Gasteiger partial charge on any atom is 0.707 e. The van der Waals surface area contributed by atoms with Crippen LogP contribution in [0.5, 0.6) is 0 Å². The molecule has 0 aliphatic rings. The molecule has 3 nitrogen and oxygen atoms in total. The second kappa shape index (κ2) is 4.69. The number of rotatable bonds is 3. The summed E-state index contributed by atoms with van der Waals surface area (Å²) in [5, 5.41) is 17.2. The topological polar surface area (TPSA) is 49.7 Å². The van der Waals surface area contributed by atoms with Gasteiger partial charge in [0.1, 0.15) is 5.76 Å². The lowest BCUT2D eigenvalue weighted by Gasteiger charge is -2.08. The van der Waals surface area contributed by atoms with E-state index in [1.807, 2.05) is 30.3 Å². The van der Waals surface area contributed by atoms with Crippen molar-refractivity contribution < 1.29 is 14.7 Å². The van der Waals surface area contributed by atoms with Crippen LogP contribution in [0.1, 0.15) is 12.5 Å². The second-order valence-electron chi connectivity index (χ2n) is 2.46.